The van der Waals surface area contributed by atoms with Crippen LogP contribution in [0.15, 0.2) is 47.4 Å². The van der Waals surface area contributed by atoms with Gasteiger partial charge in [0.2, 0.25) is 15.9 Å². The molecule has 0 bridgehead atoms. The third-order valence-electron chi connectivity index (χ3n) is 4.94. The number of aryl methyl sites for hydroxylation is 2. The number of amides is 1. The SMILES string of the molecule is Cc1ccc(C)c(NC(=O)CN2CCN(c3ccc(S(N)(=O)=O)cc3)CC2)c1. The predicted octanol–water partition coefficient (Wildman–Crippen LogP) is 1.71. The maximum Gasteiger partial charge on any atom is 0.238 e. The highest BCUT2D eigenvalue weighted by molar-refractivity contribution is 7.89. The average Bonchev–Trinajstić information content (AvgIpc) is 2.65. The van der Waals surface area contributed by atoms with Gasteiger partial charge in [-0.2, -0.15) is 0 Å². The Morgan fingerprint density at radius 1 is 1.04 bits per heavy atom. The Labute approximate surface area is 166 Å². The van der Waals surface area contributed by atoms with Crippen molar-refractivity contribution in [3.8, 4) is 0 Å². The summed E-state index contributed by atoms with van der Waals surface area (Å²) in [4.78, 5) is 16.8. The maximum absolute atomic E-state index is 12.4. The summed E-state index contributed by atoms with van der Waals surface area (Å²) in [6, 6.07) is 12.6. The molecule has 0 atom stereocenters. The first-order valence-corrected chi connectivity index (χ1v) is 10.7. The van der Waals surface area contributed by atoms with Crippen LogP contribution in [0.3, 0.4) is 0 Å². The zero-order chi connectivity index (χ0) is 20.3. The molecule has 2 aromatic carbocycles. The molecule has 1 aliphatic rings. The minimum atomic E-state index is -3.68. The van der Waals surface area contributed by atoms with E-state index in [0.717, 1.165) is 48.7 Å². The Morgan fingerprint density at radius 3 is 2.29 bits per heavy atom. The number of nitrogens with two attached hydrogens (primary N) is 1. The van der Waals surface area contributed by atoms with Crippen LogP contribution in [-0.2, 0) is 14.8 Å². The van der Waals surface area contributed by atoms with Gasteiger partial charge in [-0.25, -0.2) is 13.6 Å². The van der Waals surface area contributed by atoms with Crippen LogP contribution >= 0.6 is 0 Å². The standard InChI is InChI=1S/C20H26N4O3S/c1-15-3-4-16(2)19(13-15)22-20(25)14-23-9-11-24(12-10-23)17-5-7-18(8-6-17)28(21,26)27/h3-8,13H,9-12,14H2,1-2H3,(H,22,25)(H2,21,26,27). The summed E-state index contributed by atoms with van der Waals surface area (Å²) in [6.07, 6.45) is 0. The first-order valence-electron chi connectivity index (χ1n) is 9.19. The largest absolute Gasteiger partial charge is 0.369 e. The number of hydrogen-bond acceptors (Lipinski definition) is 5. The van der Waals surface area contributed by atoms with E-state index in [1.807, 2.05) is 32.0 Å². The normalized spacial score (nSPS) is 15.5. The minimum absolute atomic E-state index is 0.0142. The van der Waals surface area contributed by atoms with E-state index in [4.69, 9.17) is 5.14 Å². The van der Waals surface area contributed by atoms with Crippen LogP contribution < -0.4 is 15.4 Å². The van der Waals surface area contributed by atoms with Crippen molar-refractivity contribution in [2.24, 2.45) is 5.14 Å². The molecule has 0 aliphatic carbocycles. The molecule has 1 aliphatic heterocycles. The molecule has 1 amide bonds. The molecule has 0 spiro atoms. The highest BCUT2D eigenvalue weighted by atomic mass is 32.2. The van der Waals surface area contributed by atoms with Crippen molar-refractivity contribution >= 4 is 27.3 Å². The molecule has 0 radical (unpaired) electrons. The Bertz CT molecular complexity index is 950. The van der Waals surface area contributed by atoms with E-state index in [0.29, 0.717) is 6.54 Å². The summed E-state index contributed by atoms with van der Waals surface area (Å²) in [5, 5.41) is 8.14. The molecular weight excluding hydrogens is 376 g/mol. The van der Waals surface area contributed by atoms with Gasteiger partial charge in [-0.3, -0.25) is 9.69 Å². The van der Waals surface area contributed by atoms with Gasteiger partial charge >= 0.3 is 0 Å². The van der Waals surface area contributed by atoms with Crippen molar-refractivity contribution in [1.29, 1.82) is 0 Å². The number of primary sulfonamides is 1. The lowest BCUT2D eigenvalue weighted by Crippen LogP contribution is -2.48. The second-order valence-corrected chi connectivity index (χ2v) is 8.73. The van der Waals surface area contributed by atoms with Gasteiger partial charge in [0.05, 0.1) is 11.4 Å². The molecule has 150 valence electrons. The summed E-state index contributed by atoms with van der Waals surface area (Å²) in [7, 11) is -3.68. The number of hydrogen-bond donors (Lipinski definition) is 2. The third kappa shape index (κ3) is 5.09. The van der Waals surface area contributed by atoms with E-state index in [-0.39, 0.29) is 10.8 Å². The number of nitrogens with one attached hydrogen (secondary N) is 1. The first-order chi connectivity index (χ1) is 13.2. The van der Waals surface area contributed by atoms with Crippen LogP contribution in [0.5, 0.6) is 0 Å². The molecule has 1 fully saturated rings. The summed E-state index contributed by atoms with van der Waals surface area (Å²) >= 11 is 0. The van der Waals surface area contributed by atoms with E-state index in [1.165, 1.54) is 12.1 Å². The van der Waals surface area contributed by atoms with Crippen LogP contribution in [0.4, 0.5) is 11.4 Å². The highest BCUT2D eigenvalue weighted by Gasteiger charge is 2.20. The molecule has 0 unspecified atom stereocenters. The fourth-order valence-corrected chi connectivity index (χ4v) is 3.79. The van der Waals surface area contributed by atoms with Crippen molar-refractivity contribution in [2.75, 3.05) is 42.9 Å². The van der Waals surface area contributed by atoms with Gasteiger partial charge in [-0.15, -0.1) is 0 Å². The molecular formula is C20H26N4O3S. The van der Waals surface area contributed by atoms with E-state index < -0.39 is 10.0 Å². The average molecular weight is 403 g/mol. The number of carbonyl (C=O) groups excluding carboxylic acids is 1. The number of sulfonamides is 1. The maximum atomic E-state index is 12.4. The van der Waals surface area contributed by atoms with Gasteiger partial charge in [0.15, 0.2) is 0 Å². The minimum Gasteiger partial charge on any atom is -0.369 e. The smallest absolute Gasteiger partial charge is 0.238 e. The van der Waals surface area contributed by atoms with Crippen molar-refractivity contribution in [3.63, 3.8) is 0 Å². The van der Waals surface area contributed by atoms with Gasteiger partial charge in [0, 0.05) is 37.6 Å². The molecule has 0 saturated carbocycles. The fraction of sp³-hybridized carbons (Fsp3) is 0.350. The third-order valence-corrected chi connectivity index (χ3v) is 5.87. The molecule has 1 heterocycles. The highest BCUT2D eigenvalue weighted by Crippen LogP contribution is 2.19. The molecule has 1 saturated heterocycles. The molecule has 3 N–H and O–H groups in total. The molecule has 8 heteroatoms. The number of carbonyl (C=O) groups is 1. The van der Waals surface area contributed by atoms with Crippen LogP contribution in [0.25, 0.3) is 0 Å². The van der Waals surface area contributed by atoms with Gasteiger partial charge < -0.3 is 10.2 Å². The zero-order valence-electron chi connectivity index (χ0n) is 16.2. The molecule has 7 nitrogen and oxygen atoms in total. The zero-order valence-corrected chi connectivity index (χ0v) is 17.0. The van der Waals surface area contributed by atoms with Crippen molar-refractivity contribution in [2.45, 2.75) is 18.7 Å². The summed E-state index contributed by atoms with van der Waals surface area (Å²) < 4.78 is 22.7. The Hall–Kier alpha value is -2.42. The Morgan fingerprint density at radius 2 is 1.68 bits per heavy atom. The second-order valence-electron chi connectivity index (χ2n) is 7.17. The molecule has 2 aromatic rings. The number of nitrogens with zero attached hydrogens (tertiary/aromatic N) is 2. The van der Waals surface area contributed by atoms with Crippen LogP contribution in [0, 0.1) is 13.8 Å². The summed E-state index contributed by atoms with van der Waals surface area (Å²) in [5.74, 6) is -0.0142. The van der Waals surface area contributed by atoms with E-state index >= 15 is 0 Å². The van der Waals surface area contributed by atoms with Gasteiger partial charge in [-0.05, 0) is 55.3 Å². The monoisotopic (exact) mass is 402 g/mol. The van der Waals surface area contributed by atoms with Gasteiger partial charge in [0.1, 0.15) is 0 Å². The second kappa shape index (κ2) is 8.30. The topological polar surface area (TPSA) is 95.7 Å². The van der Waals surface area contributed by atoms with Crippen LogP contribution in [0.2, 0.25) is 0 Å². The van der Waals surface area contributed by atoms with Gasteiger partial charge in [0.25, 0.3) is 0 Å². The Balaban J connectivity index is 1.52. The fourth-order valence-electron chi connectivity index (χ4n) is 3.27. The van der Waals surface area contributed by atoms with E-state index in [1.54, 1.807) is 12.1 Å². The van der Waals surface area contributed by atoms with Crippen molar-refractivity contribution < 1.29 is 13.2 Å². The summed E-state index contributed by atoms with van der Waals surface area (Å²) in [5.41, 5.74) is 3.97. The van der Waals surface area contributed by atoms with Crippen LogP contribution in [0.1, 0.15) is 11.1 Å². The van der Waals surface area contributed by atoms with Crippen molar-refractivity contribution in [3.05, 3.63) is 53.6 Å². The van der Waals surface area contributed by atoms with Crippen molar-refractivity contribution in [1.82, 2.24) is 4.90 Å². The van der Waals surface area contributed by atoms with E-state index in [2.05, 4.69) is 15.1 Å². The first kappa shape index (κ1) is 20.3. The molecule has 3 rings (SSSR count). The lowest BCUT2D eigenvalue weighted by atomic mass is 10.1. The molecule has 28 heavy (non-hydrogen) atoms. The number of piperazine rings is 1. The van der Waals surface area contributed by atoms with E-state index in [9.17, 15) is 13.2 Å². The number of anilines is 2. The lowest BCUT2D eigenvalue weighted by Gasteiger charge is -2.35. The predicted molar refractivity (Wildman–Crippen MR) is 111 cm³/mol. The lowest BCUT2D eigenvalue weighted by molar-refractivity contribution is -0.117. The summed E-state index contributed by atoms with van der Waals surface area (Å²) in [6.45, 7) is 7.40. The van der Waals surface area contributed by atoms with Gasteiger partial charge in [-0.1, -0.05) is 12.1 Å². The number of rotatable bonds is 5. The van der Waals surface area contributed by atoms with Crippen LogP contribution in [-0.4, -0.2) is 51.9 Å². The molecule has 0 aromatic heterocycles. The Kier molecular flexibility index (Phi) is 6.02. The quantitative estimate of drug-likeness (QED) is 0.794. The number of benzene rings is 2.